The maximum absolute atomic E-state index is 11.5. The second-order valence-corrected chi connectivity index (χ2v) is 5.79. The molecule has 1 aliphatic rings. The summed E-state index contributed by atoms with van der Waals surface area (Å²) < 4.78 is 5.75. The maximum atomic E-state index is 11.5. The van der Waals surface area contributed by atoms with Crippen molar-refractivity contribution in [3.63, 3.8) is 0 Å². The van der Waals surface area contributed by atoms with Gasteiger partial charge in [-0.3, -0.25) is 14.7 Å². The number of rotatable bonds is 3. The number of hydrogen-bond acceptors (Lipinski definition) is 6. The van der Waals surface area contributed by atoms with E-state index >= 15 is 0 Å². The highest BCUT2D eigenvalue weighted by Crippen LogP contribution is 2.21. The molecule has 1 aliphatic heterocycles. The van der Waals surface area contributed by atoms with Gasteiger partial charge in [-0.15, -0.1) is 11.3 Å². The molecule has 0 aromatic carbocycles. The molecule has 1 unspecified atom stereocenters. The summed E-state index contributed by atoms with van der Waals surface area (Å²) in [5, 5.41) is 0. The van der Waals surface area contributed by atoms with Crippen LogP contribution in [0.5, 0.6) is 0 Å². The van der Waals surface area contributed by atoms with Crippen molar-refractivity contribution in [1.29, 1.82) is 0 Å². The van der Waals surface area contributed by atoms with Crippen LogP contribution in [0.15, 0.2) is 22.6 Å². The van der Waals surface area contributed by atoms with Gasteiger partial charge in [-0.05, 0) is 6.92 Å². The Morgan fingerprint density at radius 1 is 1.60 bits per heavy atom. The van der Waals surface area contributed by atoms with E-state index in [2.05, 4.69) is 19.9 Å². The molecule has 0 bridgehead atoms. The Balaban J connectivity index is 1.72. The first-order chi connectivity index (χ1) is 9.70. The van der Waals surface area contributed by atoms with Crippen LogP contribution in [0.2, 0.25) is 0 Å². The topological polar surface area (TPSA) is 71.1 Å². The van der Waals surface area contributed by atoms with Gasteiger partial charge in [0.25, 0.3) is 5.56 Å². The Bertz CT molecular complexity index is 626. The molecule has 1 atom stereocenters. The number of hydrogen-bond donors (Lipinski definition) is 1. The number of morpholine rings is 1. The van der Waals surface area contributed by atoms with Crippen molar-refractivity contribution in [3.05, 3.63) is 44.5 Å². The third-order valence-electron chi connectivity index (χ3n) is 3.22. The fraction of sp³-hybridized carbons (Fsp3) is 0.462. The summed E-state index contributed by atoms with van der Waals surface area (Å²) in [7, 11) is 0. The van der Waals surface area contributed by atoms with E-state index in [-0.39, 0.29) is 11.7 Å². The highest BCUT2D eigenvalue weighted by Gasteiger charge is 2.23. The lowest BCUT2D eigenvalue weighted by atomic mass is 10.2. The molecular weight excluding hydrogens is 276 g/mol. The smallest absolute Gasteiger partial charge is 0.251 e. The predicted molar refractivity (Wildman–Crippen MR) is 75.7 cm³/mol. The summed E-state index contributed by atoms with van der Waals surface area (Å²) in [6, 6.07) is 1.52. The SMILES string of the molecule is Cc1nc(C2CN(Cc3cncs3)CCO2)cc(=O)[nH]1. The minimum Gasteiger partial charge on any atom is -0.369 e. The van der Waals surface area contributed by atoms with Gasteiger partial charge in [0.05, 0.1) is 17.8 Å². The summed E-state index contributed by atoms with van der Waals surface area (Å²) in [5.74, 6) is 0.621. The largest absolute Gasteiger partial charge is 0.369 e. The number of ether oxygens (including phenoxy) is 1. The second kappa shape index (κ2) is 5.82. The lowest BCUT2D eigenvalue weighted by molar-refractivity contribution is -0.0348. The molecule has 1 fully saturated rings. The lowest BCUT2D eigenvalue weighted by Crippen LogP contribution is -2.38. The van der Waals surface area contributed by atoms with Gasteiger partial charge in [-0.1, -0.05) is 0 Å². The molecule has 3 rings (SSSR count). The molecule has 0 spiro atoms. The van der Waals surface area contributed by atoms with Gasteiger partial charge in [0, 0.05) is 36.8 Å². The van der Waals surface area contributed by atoms with E-state index < -0.39 is 0 Å². The molecular formula is C13H16N4O2S. The van der Waals surface area contributed by atoms with Crippen LogP contribution in [0.4, 0.5) is 0 Å². The molecule has 20 heavy (non-hydrogen) atoms. The maximum Gasteiger partial charge on any atom is 0.251 e. The number of nitrogens with one attached hydrogen (secondary N) is 1. The van der Waals surface area contributed by atoms with Crippen molar-refractivity contribution < 1.29 is 4.74 Å². The number of aryl methyl sites for hydroxylation is 1. The van der Waals surface area contributed by atoms with Crippen molar-refractivity contribution in [1.82, 2.24) is 19.9 Å². The molecule has 106 valence electrons. The second-order valence-electron chi connectivity index (χ2n) is 4.82. The lowest BCUT2D eigenvalue weighted by Gasteiger charge is -2.32. The van der Waals surface area contributed by atoms with Gasteiger partial charge in [0.2, 0.25) is 0 Å². The van der Waals surface area contributed by atoms with E-state index in [1.54, 1.807) is 18.3 Å². The van der Waals surface area contributed by atoms with E-state index in [1.807, 2.05) is 11.7 Å². The van der Waals surface area contributed by atoms with E-state index in [0.29, 0.717) is 18.1 Å². The van der Waals surface area contributed by atoms with Crippen LogP contribution in [0, 0.1) is 6.92 Å². The summed E-state index contributed by atoms with van der Waals surface area (Å²) in [4.78, 5) is 26.2. The molecule has 1 saturated heterocycles. The van der Waals surface area contributed by atoms with Gasteiger partial charge < -0.3 is 9.72 Å². The van der Waals surface area contributed by atoms with Crippen LogP contribution in [0.3, 0.4) is 0 Å². The monoisotopic (exact) mass is 292 g/mol. The fourth-order valence-electron chi connectivity index (χ4n) is 2.33. The van der Waals surface area contributed by atoms with E-state index in [9.17, 15) is 4.79 Å². The average molecular weight is 292 g/mol. The third kappa shape index (κ3) is 3.12. The highest BCUT2D eigenvalue weighted by molar-refractivity contribution is 7.09. The number of aromatic nitrogens is 3. The van der Waals surface area contributed by atoms with Crippen LogP contribution >= 0.6 is 11.3 Å². The zero-order valence-corrected chi connectivity index (χ0v) is 12.0. The van der Waals surface area contributed by atoms with Crippen LogP contribution in [-0.2, 0) is 11.3 Å². The summed E-state index contributed by atoms with van der Waals surface area (Å²) in [6.07, 6.45) is 1.75. The van der Waals surface area contributed by atoms with Gasteiger partial charge in [0.1, 0.15) is 11.9 Å². The molecule has 6 nitrogen and oxygen atoms in total. The van der Waals surface area contributed by atoms with Crippen molar-refractivity contribution in [2.75, 3.05) is 19.7 Å². The molecule has 0 radical (unpaired) electrons. The molecule has 2 aromatic rings. The van der Waals surface area contributed by atoms with E-state index in [4.69, 9.17) is 4.74 Å². The molecule has 7 heteroatoms. The zero-order valence-electron chi connectivity index (χ0n) is 11.2. The minimum absolute atomic E-state index is 0.129. The summed E-state index contributed by atoms with van der Waals surface area (Å²) in [5.41, 5.74) is 2.42. The highest BCUT2D eigenvalue weighted by atomic mass is 32.1. The van der Waals surface area contributed by atoms with E-state index in [0.717, 1.165) is 19.6 Å². The molecule has 1 N–H and O–H groups in total. The number of H-pyrrole nitrogens is 1. The number of thiazole rings is 1. The third-order valence-corrected chi connectivity index (χ3v) is 3.99. The predicted octanol–water partition coefficient (Wildman–Crippen LogP) is 1.11. The van der Waals surface area contributed by atoms with Crippen LogP contribution in [-0.4, -0.2) is 39.5 Å². The Kier molecular flexibility index (Phi) is 3.90. The normalized spacial score (nSPS) is 20.1. The van der Waals surface area contributed by atoms with Crippen molar-refractivity contribution in [2.45, 2.75) is 19.6 Å². The first-order valence-corrected chi connectivity index (χ1v) is 7.38. The Morgan fingerprint density at radius 2 is 2.50 bits per heavy atom. The quantitative estimate of drug-likeness (QED) is 0.917. The van der Waals surface area contributed by atoms with Crippen LogP contribution in [0.1, 0.15) is 22.5 Å². The first kappa shape index (κ1) is 13.4. The average Bonchev–Trinajstić information content (AvgIpc) is 2.91. The first-order valence-electron chi connectivity index (χ1n) is 6.50. The van der Waals surface area contributed by atoms with Gasteiger partial charge in [-0.25, -0.2) is 4.98 Å². The Hall–Kier alpha value is -1.57. The number of aromatic amines is 1. The van der Waals surface area contributed by atoms with Gasteiger partial charge in [0.15, 0.2) is 0 Å². The Labute approximate surface area is 120 Å². The van der Waals surface area contributed by atoms with Crippen molar-refractivity contribution in [2.24, 2.45) is 0 Å². The molecule has 2 aromatic heterocycles. The van der Waals surface area contributed by atoms with Crippen LogP contribution < -0.4 is 5.56 Å². The molecule has 0 amide bonds. The molecule has 3 heterocycles. The molecule has 0 saturated carbocycles. The zero-order chi connectivity index (χ0) is 13.9. The van der Waals surface area contributed by atoms with Crippen molar-refractivity contribution in [3.8, 4) is 0 Å². The van der Waals surface area contributed by atoms with Crippen molar-refractivity contribution >= 4 is 11.3 Å². The minimum atomic E-state index is -0.141. The van der Waals surface area contributed by atoms with Gasteiger partial charge >= 0.3 is 0 Å². The Morgan fingerprint density at radius 3 is 3.25 bits per heavy atom. The summed E-state index contributed by atoms with van der Waals surface area (Å²) in [6.45, 7) is 4.93. The van der Waals surface area contributed by atoms with E-state index in [1.165, 1.54) is 10.9 Å². The fourth-order valence-corrected chi connectivity index (χ4v) is 2.97. The summed E-state index contributed by atoms with van der Waals surface area (Å²) >= 11 is 1.65. The molecule has 0 aliphatic carbocycles. The number of nitrogens with zero attached hydrogens (tertiary/aromatic N) is 3. The standard InChI is InChI=1S/C13H16N4O2S/c1-9-15-11(4-13(18)16-9)12-7-17(2-3-19-12)6-10-5-14-8-20-10/h4-5,8,12H,2-3,6-7H2,1H3,(H,15,16,18). The van der Waals surface area contributed by atoms with Crippen LogP contribution in [0.25, 0.3) is 0 Å². The van der Waals surface area contributed by atoms with Gasteiger partial charge in [-0.2, -0.15) is 0 Å².